The number of hydrogen-bond donors (Lipinski definition) is 2. The molecule has 0 saturated carbocycles. The first kappa shape index (κ1) is 15.7. The van der Waals surface area contributed by atoms with Crippen molar-refractivity contribution in [1.29, 1.82) is 0 Å². The molecule has 0 spiro atoms. The summed E-state index contributed by atoms with van der Waals surface area (Å²) in [6.45, 7) is 0.464. The molecular weight excluding hydrogens is 348 g/mol. The summed E-state index contributed by atoms with van der Waals surface area (Å²) >= 11 is 8.31. The van der Waals surface area contributed by atoms with E-state index < -0.39 is 0 Å². The zero-order valence-corrected chi connectivity index (χ0v) is 13.7. The van der Waals surface area contributed by atoms with Crippen LogP contribution in [0.15, 0.2) is 53.0 Å². The van der Waals surface area contributed by atoms with Gasteiger partial charge in [0.05, 0.1) is 6.42 Å². The summed E-state index contributed by atoms with van der Waals surface area (Å²) in [5.74, 6) is -0.0157. The highest BCUT2D eigenvalue weighted by molar-refractivity contribution is 9.10. The van der Waals surface area contributed by atoms with Crippen molar-refractivity contribution in [3.8, 4) is 0 Å². The number of nitrogens with one attached hydrogen (secondary N) is 1. The first-order valence-corrected chi connectivity index (χ1v) is 7.64. The average Bonchev–Trinajstić information content (AvgIpc) is 2.48. The van der Waals surface area contributed by atoms with Gasteiger partial charge < -0.3 is 11.1 Å². The number of carbonyl (C=O) groups is 1. The third-order valence-corrected chi connectivity index (χ3v) is 3.74. The van der Waals surface area contributed by atoms with E-state index in [1.165, 1.54) is 0 Å². The molecule has 0 aromatic heterocycles. The molecular formula is C16H15BrN2OS. The highest BCUT2D eigenvalue weighted by Gasteiger charge is 2.04. The molecule has 0 radical (unpaired) electrons. The van der Waals surface area contributed by atoms with Crippen molar-refractivity contribution in [2.75, 3.05) is 0 Å². The Kier molecular flexibility index (Phi) is 5.47. The van der Waals surface area contributed by atoms with E-state index in [1.54, 1.807) is 0 Å². The molecule has 0 atom stereocenters. The Morgan fingerprint density at radius 2 is 1.86 bits per heavy atom. The molecule has 3 N–H and O–H groups in total. The maximum absolute atomic E-state index is 11.9. The number of halogens is 1. The number of rotatable bonds is 5. The van der Waals surface area contributed by atoms with Crippen molar-refractivity contribution < 1.29 is 4.79 Å². The van der Waals surface area contributed by atoms with Crippen LogP contribution in [0.3, 0.4) is 0 Å². The highest BCUT2D eigenvalue weighted by atomic mass is 79.9. The van der Waals surface area contributed by atoms with Gasteiger partial charge in [0.1, 0.15) is 4.99 Å². The summed E-state index contributed by atoms with van der Waals surface area (Å²) in [6, 6.07) is 15.3. The van der Waals surface area contributed by atoms with Gasteiger partial charge in [-0.2, -0.15) is 0 Å². The summed E-state index contributed by atoms with van der Waals surface area (Å²) in [5, 5.41) is 2.89. The first-order chi connectivity index (χ1) is 10.0. The van der Waals surface area contributed by atoms with Crippen LogP contribution >= 0.6 is 28.1 Å². The van der Waals surface area contributed by atoms with Gasteiger partial charge in [0.2, 0.25) is 5.91 Å². The largest absolute Gasteiger partial charge is 0.389 e. The van der Waals surface area contributed by atoms with Crippen molar-refractivity contribution in [2.45, 2.75) is 13.0 Å². The van der Waals surface area contributed by atoms with Crippen LogP contribution < -0.4 is 11.1 Å². The van der Waals surface area contributed by atoms with Crippen LogP contribution in [0.1, 0.15) is 16.7 Å². The summed E-state index contributed by atoms with van der Waals surface area (Å²) in [7, 11) is 0. The Hall–Kier alpha value is -1.72. The molecule has 0 saturated heterocycles. The van der Waals surface area contributed by atoms with E-state index in [-0.39, 0.29) is 5.91 Å². The zero-order valence-electron chi connectivity index (χ0n) is 11.3. The van der Waals surface area contributed by atoms with Crippen LogP contribution in [0.2, 0.25) is 0 Å². The Bertz CT molecular complexity index is 656. The highest BCUT2D eigenvalue weighted by Crippen LogP contribution is 2.11. The lowest BCUT2D eigenvalue weighted by molar-refractivity contribution is -0.120. The first-order valence-electron chi connectivity index (χ1n) is 6.44. The van der Waals surface area contributed by atoms with Crippen LogP contribution in [0.25, 0.3) is 0 Å². The van der Waals surface area contributed by atoms with Crippen LogP contribution in [0.4, 0.5) is 0 Å². The molecule has 0 heterocycles. The van der Waals surface area contributed by atoms with Gasteiger partial charge in [-0.1, -0.05) is 58.5 Å². The van der Waals surface area contributed by atoms with E-state index in [4.69, 9.17) is 18.0 Å². The Labute approximate surface area is 137 Å². The third-order valence-electron chi connectivity index (χ3n) is 2.98. The topological polar surface area (TPSA) is 55.1 Å². The van der Waals surface area contributed by atoms with Gasteiger partial charge in [0, 0.05) is 16.6 Å². The normalized spacial score (nSPS) is 10.1. The smallest absolute Gasteiger partial charge is 0.224 e. The quantitative estimate of drug-likeness (QED) is 0.804. The number of amides is 1. The minimum Gasteiger partial charge on any atom is -0.389 e. The van der Waals surface area contributed by atoms with Crippen LogP contribution in [-0.4, -0.2) is 10.9 Å². The summed E-state index contributed by atoms with van der Waals surface area (Å²) in [6.07, 6.45) is 0.363. The molecule has 21 heavy (non-hydrogen) atoms. The molecule has 0 unspecified atom stereocenters. The molecule has 5 heteroatoms. The second-order valence-corrected chi connectivity index (χ2v) is 6.00. The minimum atomic E-state index is -0.0157. The fraction of sp³-hybridized carbons (Fsp3) is 0.125. The molecule has 2 aromatic rings. The monoisotopic (exact) mass is 362 g/mol. The summed E-state index contributed by atoms with van der Waals surface area (Å²) in [4.78, 5) is 12.3. The molecule has 0 aliphatic heterocycles. The Morgan fingerprint density at radius 1 is 1.14 bits per heavy atom. The van der Waals surface area contributed by atoms with Crippen molar-refractivity contribution in [3.63, 3.8) is 0 Å². The Morgan fingerprint density at radius 3 is 2.52 bits per heavy atom. The standard InChI is InChI=1S/C16H15BrN2OS/c17-14-6-4-11(5-7-14)9-15(20)19-10-12-2-1-3-13(8-12)16(18)21/h1-8H,9-10H2,(H2,18,21)(H,19,20). The molecule has 2 rings (SSSR count). The molecule has 0 aliphatic carbocycles. The number of hydrogen-bond acceptors (Lipinski definition) is 2. The number of nitrogens with two attached hydrogens (primary N) is 1. The lowest BCUT2D eigenvalue weighted by Gasteiger charge is -2.07. The van der Waals surface area contributed by atoms with E-state index in [2.05, 4.69) is 21.2 Å². The number of carbonyl (C=O) groups excluding carboxylic acids is 1. The Balaban J connectivity index is 1.90. The molecule has 1 amide bonds. The third kappa shape index (κ3) is 4.95. The van der Waals surface area contributed by atoms with E-state index in [0.29, 0.717) is 18.0 Å². The predicted molar refractivity (Wildman–Crippen MR) is 92.0 cm³/mol. The maximum Gasteiger partial charge on any atom is 0.224 e. The van der Waals surface area contributed by atoms with Crippen molar-refractivity contribution >= 4 is 39.0 Å². The van der Waals surface area contributed by atoms with Crippen LogP contribution in [0, 0.1) is 0 Å². The lowest BCUT2D eigenvalue weighted by atomic mass is 10.1. The van der Waals surface area contributed by atoms with Gasteiger partial charge in [-0.05, 0) is 29.3 Å². The molecule has 3 nitrogen and oxygen atoms in total. The summed E-state index contributed by atoms with van der Waals surface area (Å²) in [5.41, 5.74) is 8.36. The minimum absolute atomic E-state index is 0.0157. The van der Waals surface area contributed by atoms with Crippen LogP contribution in [0.5, 0.6) is 0 Å². The average molecular weight is 363 g/mol. The van der Waals surface area contributed by atoms with Crippen molar-refractivity contribution in [2.24, 2.45) is 5.73 Å². The van der Waals surface area contributed by atoms with Gasteiger partial charge in [-0.15, -0.1) is 0 Å². The SMILES string of the molecule is NC(=S)c1cccc(CNC(=O)Cc2ccc(Br)cc2)c1. The van der Waals surface area contributed by atoms with Gasteiger partial charge in [-0.25, -0.2) is 0 Å². The molecule has 0 bridgehead atoms. The second kappa shape index (κ2) is 7.33. The van der Waals surface area contributed by atoms with Crippen molar-refractivity contribution in [3.05, 3.63) is 69.7 Å². The van der Waals surface area contributed by atoms with E-state index >= 15 is 0 Å². The second-order valence-electron chi connectivity index (χ2n) is 4.64. The fourth-order valence-electron chi connectivity index (χ4n) is 1.89. The van der Waals surface area contributed by atoms with E-state index in [9.17, 15) is 4.79 Å². The van der Waals surface area contributed by atoms with Crippen molar-refractivity contribution in [1.82, 2.24) is 5.32 Å². The molecule has 0 fully saturated rings. The number of thiocarbonyl (C=S) groups is 1. The number of benzene rings is 2. The van der Waals surface area contributed by atoms with E-state index in [0.717, 1.165) is 21.2 Å². The molecule has 2 aromatic carbocycles. The lowest BCUT2D eigenvalue weighted by Crippen LogP contribution is -2.24. The molecule has 108 valence electrons. The summed E-state index contributed by atoms with van der Waals surface area (Å²) < 4.78 is 1.00. The van der Waals surface area contributed by atoms with Gasteiger partial charge in [-0.3, -0.25) is 4.79 Å². The maximum atomic E-state index is 11.9. The molecule has 0 aliphatic rings. The van der Waals surface area contributed by atoms with Gasteiger partial charge >= 0.3 is 0 Å². The van der Waals surface area contributed by atoms with E-state index in [1.807, 2.05) is 48.5 Å². The predicted octanol–water partition coefficient (Wildman–Crippen LogP) is 2.94. The fourth-order valence-corrected chi connectivity index (χ4v) is 2.28. The van der Waals surface area contributed by atoms with Gasteiger partial charge in [0.15, 0.2) is 0 Å². The zero-order chi connectivity index (χ0) is 15.2. The van der Waals surface area contributed by atoms with Crippen LogP contribution in [-0.2, 0) is 17.8 Å². The van der Waals surface area contributed by atoms with Gasteiger partial charge in [0.25, 0.3) is 0 Å².